The predicted molar refractivity (Wildman–Crippen MR) is 149 cm³/mol. The Kier molecular flexibility index (Phi) is 9.13. The molecule has 0 saturated carbocycles. The summed E-state index contributed by atoms with van der Waals surface area (Å²) >= 11 is 12.8. The van der Waals surface area contributed by atoms with Gasteiger partial charge in [0.2, 0.25) is 0 Å². The first kappa shape index (κ1) is 27.3. The van der Waals surface area contributed by atoms with Crippen molar-refractivity contribution < 1.29 is 24.1 Å². The van der Waals surface area contributed by atoms with E-state index in [0.29, 0.717) is 23.7 Å². The van der Waals surface area contributed by atoms with Gasteiger partial charge in [-0.2, -0.15) is 0 Å². The second-order valence-corrected chi connectivity index (χ2v) is 9.47. The van der Waals surface area contributed by atoms with Crippen molar-refractivity contribution in [3.63, 3.8) is 0 Å². The molecule has 0 aliphatic heterocycles. The summed E-state index contributed by atoms with van der Waals surface area (Å²) in [4.78, 5) is 11.1. The highest BCUT2D eigenvalue weighted by molar-refractivity contribution is 6.37. The lowest BCUT2D eigenvalue weighted by Gasteiger charge is -2.16. The van der Waals surface area contributed by atoms with Gasteiger partial charge in [0.25, 0.3) is 0 Å². The van der Waals surface area contributed by atoms with Gasteiger partial charge in [-0.3, -0.25) is 4.79 Å². The molecule has 0 heterocycles. The minimum atomic E-state index is -1.10. The van der Waals surface area contributed by atoms with Crippen molar-refractivity contribution in [1.82, 2.24) is 0 Å². The van der Waals surface area contributed by atoms with E-state index in [2.05, 4.69) is 24.3 Å². The highest BCUT2D eigenvalue weighted by Gasteiger charge is 2.17. The quantitative estimate of drug-likeness (QED) is 0.213. The summed E-state index contributed by atoms with van der Waals surface area (Å²) in [5.41, 5.74) is 10.2. The zero-order chi connectivity index (χ0) is 27.1. The van der Waals surface area contributed by atoms with E-state index in [-0.39, 0.29) is 28.8 Å². The van der Waals surface area contributed by atoms with Gasteiger partial charge in [-0.15, -0.1) is 0 Å². The molecule has 3 N–H and O–H groups in total. The molecular weight excluding hydrogens is 525 g/mol. The third-order valence-electron chi connectivity index (χ3n) is 5.90. The molecule has 0 radical (unpaired) electrons. The van der Waals surface area contributed by atoms with Crippen molar-refractivity contribution in [2.24, 2.45) is 5.73 Å². The molecule has 196 valence electrons. The number of carbonyl (C=O) groups is 1. The van der Waals surface area contributed by atoms with Crippen LogP contribution in [0.15, 0.2) is 84.9 Å². The molecule has 0 spiro atoms. The molecule has 1 atom stereocenters. The van der Waals surface area contributed by atoms with Crippen LogP contribution in [0.5, 0.6) is 17.2 Å². The number of benzene rings is 4. The first-order valence-electron chi connectivity index (χ1n) is 11.9. The Morgan fingerprint density at radius 2 is 1.55 bits per heavy atom. The Morgan fingerprint density at radius 3 is 2.24 bits per heavy atom. The third-order valence-corrected chi connectivity index (χ3v) is 6.46. The number of methoxy groups -OCH3 is 1. The Bertz CT molecular complexity index is 1390. The number of hydrogen-bond acceptors (Lipinski definition) is 5. The van der Waals surface area contributed by atoms with Gasteiger partial charge >= 0.3 is 5.97 Å². The molecule has 0 unspecified atom stereocenters. The number of carboxylic acids is 1. The zero-order valence-corrected chi connectivity index (χ0v) is 22.2. The summed E-state index contributed by atoms with van der Waals surface area (Å²) in [6, 6.07) is 26.0. The summed E-state index contributed by atoms with van der Waals surface area (Å²) in [5.74, 6) is 0.463. The molecule has 4 rings (SSSR count). The fourth-order valence-corrected chi connectivity index (χ4v) is 4.57. The number of aliphatic carboxylic acids is 1. The number of halogens is 2. The van der Waals surface area contributed by atoms with Crippen LogP contribution < -0.4 is 19.9 Å². The van der Waals surface area contributed by atoms with Gasteiger partial charge in [-0.05, 0) is 65.1 Å². The Labute approximate surface area is 231 Å². The lowest BCUT2D eigenvalue weighted by atomic mass is 10.0. The average molecular weight is 552 g/mol. The van der Waals surface area contributed by atoms with E-state index < -0.39 is 12.0 Å². The molecular formula is C30H27Cl2NO5. The van der Waals surface area contributed by atoms with Crippen LogP contribution in [0.25, 0.3) is 11.1 Å². The smallest absolute Gasteiger partial charge is 0.320 e. The monoisotopic (exact) mass is 551 g/mol. The third kappa shape index (κ3) is 6.98. The van der Waals surface area contributed by atoms with E-state index in [1.807, 2.05) is 48.5 Å². The van der Waals surface area contributed by atoms with E-state index in [1.54, 1.807) is 19.2 Å². The number of nitrogens with two attached hydrogens (primary N) is 1. The fraction of sp³-hybridized carbons (Fsp3) is 0.167. The van der Waals surface area contributed by atoms with Crippen molar-refractivity contribution in [1.29, 1.82) is 0 Å². The molecule has 0 aliphatic carbocycles. The highest BCUT2D eigenvalue weighted by atomic mass is 35.5. The molecule has 0 amide bonds. The van der Waals surface area contributed by atoms with Gasteiger partial charge in [0.05, 0.1) is 17.2 Å². The Balaban J connectivity index is 1.49. The molecule has 4 aromatic carbocycles. The highest BCUT2D eigenvalue weighted by Crippen LogP contribution is 2.36. The molecule has 0 aromatic heterocycles. The second kappa shape index (κ2) is 12.7. The number of ether oxygens (including phenoxy) is 3. The van der Waals surface area contributed by atoms with Crippen LogP contribution in [0.2, 0.25) is 10.0 Å². The Morgan fingerprint density at radius 1 is 0.842 bits per heavy atom. The van der Waals surface area contributed by atoms with E-state index in [9.17, 15) is 4.79 Å². The summed E-state index contributed by atoms with van der Waals surface area (Å²) in [7, 11) is 1.59. The molecule has 38 heavy (non-hydrogen) atoms. The number of hydrogen-bond donors (Lipinski definition) is 2. The fourth-order valence-electron chi connectivity index (χ4n) is 3.93. The molecule has 0 fully saturated rings. The standard InChI is InChI=1S/C30H27Cl2NO5/c1-36-24-10-11-28(37-17-19-6-5-9-22(12-19)21-7-3-2-4-8-21)23(16-24)18-38-29-25(31)13-20(14-26(29)32)15-27(33)30(34)35/h2-14,16,27H,15,17-18,33H2,1H3,(H,34,35)/t27-/m0/s1. The van der Waals surface area contributed by atoms with Crippen LogP contribution in [0, 0.1) is 0 Å². The van der Waals surface area contributed by atoms with Crippen molar-refractivity contribution in [3.8, 4) is 28.4 Å². The number of rotatable bonds is 11. The molecule has 8 heteroatoms. The van der Waals surface area contributed by atoms with Gasteiger partial charge in [0.15, 0.2) is 5.75 Å². The normalized spacial score (nSPS) is 11.6. The van der Waals surface area contributed by atoms with Gasteiger partial charge < -0.3 is 25.1 Å². The van der Waals surface area contributed by atoms with Gasteiger partial charge in [-0.25, -0.2) is 0 Å². The maximum absolute atomic E-state index is 11.1. The lowest BCUT2D eigenvalue weighted by Crippen LogP contribution is -2.32. The molecule has 0 saturated heterocycles. The van der Waals surface area contributed by atoms with Crippen molar-refractivity contribution in [2.75, 3.05) is 7.11 Å². The van der Waals surface area contributed by atoms with Crippen molar-refractivity contribution in [2.45, 2.75) is 25.7 Å². The van der Waals surface area contributed by atoms with Crippen LogP contribution >= 0.6 is 23.2 Å². The van der Waals surface area contributed by atoms with Crippen LogP contribution in [-0.2, 0) is 24.4 Å². The van der Waals surface area contributed by atoms with Crippen LogP contribution in [0.1, 0.15) is 16.7 Å². The summed E-state index contributed by atoms with van der Waals surface area (Å²) in [5, 5.41) is 9.58. The first-order chi connectivity index (χ1) is 18.3. The maximum atomic E-state index is 11.1. The molecule has 0 bridgehead atoms. The van der Waals surface area contributed by atoms with Crippen LogP contribution in [0.4, 0.5) is 0 Å². The SMILES string of the molecule is COc1ccc(OCc2cccc(-c3ccccc3)c2)c(COc2c(Cl)cc(C[C@H](N)C(=O)O)cc2Cl)c1. The summed E-state index contributed by atoms with van der Waals surface area (Å²) in [6.45, 7) is 0.476. The van der Waals surface area contributed by atoms with Crippen LogP contribution in [-0.4, -0.2) is 24.2 Å². The topological polar surface area (TPSA) is 91.0 Å². The van der Waals surface area contributed by atoms with Crippen LogP contribution in [0.3, 0.4) is 0 Å². The molecule has 0 aliphatic rings. The van der Waals surface area contributed by atoms with Gasteiger partial charge in [0.1, 0.15) is 30.8 Å². The van der Waals surface area contributed by atoms with Crippen molar-refractivity contribution in [3.05, 3.63) is 112 Å². The van der Waals surface area contributed by atoms with E-state index in [0.717, 1.165) is 22.3 Å². The summed E-state index contributed by atoms with van der Waals surface area (Å²) in [6.07, 6.45) is 0.0917. The van der Waals surface area contributed by atoms with Gasteiger partial charge in [0, 0.05) is 5.56 Å². The minimum absolute atomic E-state index is 0.0917. The Hall–Kier alpha value is -3.71. The maximum Gasteiger partial charge on any atom is 0.320 e. The molecule has 4 aromatic rings. The lowest BCUT2D eigenvalue weighted by molar-refractivity contribution is -0.138. The summed E-state index contributed by atoms with van der Waals surface area (Å²) < 4.78 is 17.5. The largest absolute Gasteiger partial charge is 0.497 e. The first-order valence-corrected chi connectivity index (χ1v) is 12.6. The van der Waals surface area contributed by atoms with E-state index in [4.69, 9.17) is 48.3 Å². The zero-order valence-electron chi connectivity index (χ0n) is 20.7. The van der Waals surface area contributed by atoms with Crippen molar-refractivity contribution >= 4 is 29.2 Å². The average Bonchev–Trinajstić information content (AvgIpc) is 2.92. The van der Waals surface area contributed by atoms with E-state index >= 15 is 0 Å². The number of carboxylic acid groups (broad SMARTS) is 1. The van der Waals surface area contributed by atoms with E-state index in [1.165, 1.54) is 0 Å². The van der Waals surface area contributed by atoms with Gasteiger partial charge in [-0.1, -0.05) is 71.7 Å². The predicted octanol–water partition coefficient (Wildman–Crippen LogP) is 6.78. The molecule has 6 nitrogen and oxygen atoms in total. The second-order valence-electron chi connectivity index (χ2n) is 8.65. The minimum Gasteiger partial charge on any atom is -0.497 e.